The van der Waals surface area contributed by atoms with E-state index in [0.717, 1.165) is 25.4 Å². The molecule has 3 aromatic rings. The van der Waals surface area contributed by atoms with Gasteiger partial charge in [0.05, 0.1) is 11.8 Å². The van der Waals surface area contributed by atoms with Gasteiger partial charge in [-0.05, 0) is 23.8 Å². The second-order valence-corrected chi connectivity index (χ2v) is 7.90. The molecule has 6 nitrogen and oxygen atoms in total. The smallest absolute Gasteiger partial charge is 0.343 e. The molecule has 11 heteroatoms. The maximum absolute atomic E-state index is 13.6. The predicted octanol–water partition coefficient (Wildman–Crippen LogP) is 3.54. The molecule has 0 radical (unpaired) electrons. The fourth-order valence-electron chi connectivity index (χ4n) is 2.51. The number of hydrogen-bond donors (Lipinski definition) is 1. The Kier molecular flexibility index (Phi) is 4.67. The fraction of sp³-hybridized carbons (Fsp3) is 0.200. The lowest BCUT2D eigenvalue weighted by atomic mass is 10.1. The highest BCUT2D eigenvalue weighted by Crippen LogP contribution is 2.39. The lowest BCUT2D eigenvalue weighted by molar-refractivity contribution is -0.171. The van der Waals surface area contributed by atoms with Gasteiger partial charge in [-0.2, -0.15) is 17.5 Å². The third-order valence-electron chi connectivity index (χ3n) is 3.78. The minimum Gasteiger partial charge on any atom is -0.343 e. The van der Waals surface area contributed by atoms with Crippen molar-refractivity contribution in [3.8, 4) is 0 Å². The zero-order valence-electron chi connectivity index (χ0n) is 13.2. The molecule has 0 aliphatic heterocycles. The van der Waals surface area contributed by atoms with Crippen LogP contribution in [0.25, 0.3) is 11.2 Å². The molecular formula is C15H12ClF3N4O2S. The number of alkyl halides is 3. The fourth-order valence-corrected chi connectivity index (χ4v) is 3.94. The summed E-state index contributed by atoms with van der Waals surface area (Å²) in [6.45, 7) is 0. The van der Waals surface area contributed by atoms with E-state index in [1.54, 1.807) is 0 Å². The van der Waals surface area contributed by atoms with Crippen molar-refractivity contribution in [3.05, 3.63) is 53.4 Å². The molecule has 1 atom stereocenters. The first-order valence-corrected chi connectivity index (χ1v) is 9.02. The van der Waals surface area contributed by atoms with E-state index >= 15 is 0 Å². The van der Waals surface area contributed by atoms with Crippen LogP contribution in [0.3, 0.4) is 0 Å². The van der Waals surface area contributed by atoms with Crippen LogP contribution in [0.15, 0.2) is 47.8 Å². The van der Waals surface area contributed by atoms with Crippen LogP contribution in [-0.2, 0) is 10.0 Å². The number of hydrogen-bond acceptors (Lipinski definition) is 4. The third kappa shape index (κ3) is 3.39. The normalized spacial score (nSPS) is 14.1. The first-order valence-electron chi connectivity index (χ1n) is 7.20. The van der Waals surface area contributed by atoms with Gasteiger partial charge in [0.15, 0.2) is 5.65 Å². The SMILES string of the molecule is CN([C@H](c1ccc(Cl)cc1)C(F)(F)F)S(=O)(=O)c1cnc2nc[nH]c2c1. The summed E-state index contributed by atoms with van der Waals surface area (Å²) < 4.78 is 66.7. The maximum atomic E-state index is 13.6. The van der Waals surface area contributed by atoms with E-state index in [1.807, 2.05) is 0 Å². The number of sulfonamides is 1. The van der Waals surface area contributed by atoms with Crippen molar-refractivity contribution in [2.45, 2.75) is 17.1 Å². The van der Waals surface area contributed by atoms with Crippen LogP contribution >= 0.6 is 11.6 Å². The third-order valence-corrected chi connectivity index (χ3v) is 5.82. The summed E-state index contributed by atoms with van der Waals surface area (Å²) in [6.07, 6.45) is -2.55. The van der Waals surface area contributed by atoms with Crippen molar-refractivity contribution in [1.29, 1.82) is 0 Å². The van der Waals surface area contributed by atoms with Crippen molar-refractivity contribution in [3.63, 3.8) is 0 Å². The van der Waals surface area contributed by atoms with Gasteiger partial charge < -0.3 is 4.98 Å². The highest BCUT2D eigenvalue weighted by Gasteiger charge is 2.47. The maximum Gasteiger partial charge on any atom is 0.409 e. The number of H-pyrrole nitrogens is 1. The van der Waals surface area contributed by atoms with Gasteiger partial charge in [-0.25, -0.2) is 18.4 Å². The quantitative estimate of drug-likeness (QED) is 0.721. The van der Waals surface area contributed by atoms with E-state index in [4.69, 9.17) is 11.6 Å². The van der Waals surface area contributed by atoms with Crippen molar-refractivity contribution >= 4 is 32.8 Å². The molecule has 2 heterocycles. The van der Waals surface area contributed by atoms with Gasteiger partial charge in [0.25, 0.3) is 0 Å². The van der Waals surface area contributed by atoms with E-state index in [0.29, 0.717) is 5.52 Å². The molecule has 1 aromatic carbocycles. The molecule has 0 amide bonds. The Morgan fingerprint density at radius 2 is 1.85 bits per heavy atom. The van der Waals surface area contributed by atoms with Crippen molar-refractivity contribution in [2.75, 3.05) is 7.05 Å². The molecule has 0 bridgehead atoms. The van der Waals surface area contributed by atoms with Crippen molar-refractivity contribution in [2.24, 2.45) is 0 Å². The zero-order chi connectivity index (χ0) is 19.1. The van der Waals surface area contributed by atoms with E-state index < -0.39 is 22.2 Å². The zero-order valence-corrected chi connectivity index (χ0v) is 14.8. The summed E-state index contributed by atoms with van der Waals surface area (Å²) in [6, 6.07) is 3.65. The van der Waals surface area contributed by atoms with Crippen LogP contribution in [-0.4, -0.2) is 40.9 Å². The van der Waals surface area contributed by atoms with E-state index in [-0.39, 0.29) is 25.4 Å². The molecule has 0 fully saturated rings. The number of pyridine rings is 1. The summed E-state index contributed by atoms with van der Waals surface area (Å²) in [5.41, 5.74) is 0.315. The molecule has 3 rings (SSSR count). The summed E-state index contributed by atoms with van der Waals surface area (Å²) in [5.74, 6) is 0. The second-order valence-electron chi connectivity index (χ2n) is 5.46. The molecule has 0 saturated carbocycles. The van der Waals surface area contributed by atoms with Gasteiger partial charge in [0.1, 0.15) is 10.9 Å². The van der Waals surface area contributed by atoms with Gasteiger partial charge in [-0.15, -0.1) is 0 Å². The molecule has 0 saturated heterocycles. The second kappa shape index (κ2) is 6.53. The Hall–Kier alpha value is -2.17. The van der Waals surface area contributed by atoms with E-state index in [1.165, 1.54) is 24.5 Å². The average molecular weight is 405 g/mol. The Morgan fingerprint density at radius 3 is 2.46 bits per heavy atom. The molecule has 26 heavy (non-hydrogen) atoms. The number of halogens is 4. The minimum absolute atomic E-state index is 0.245. The highest BCUT2D eigenvalue weighted by molar-refractivity contribution is 7.89. The van der Waals surface area contributed by atoms with Crippen LogP contribution in [0.1, 0.15) is 11.6 Å². The van der Waals surface area contributed by atoms with Crippen LogP contribution in [0.2, 0.25) is 5.02 Å². The number of rotatable bonds is 4. The number of aromatic nitrogens is 3. The summed E-state index contributed by atoms with van der Waals surface area (Å²) >= 11 is 5.71. The van der Waals surface area contributed by atoms with Gasteiger partial charge in [0.2, 0.25) is 10.0 Å². The number of fused-ring (bicyclic) bond motifs is 1. The molecule has 0 aliphatic rings. The van der Waals surface area contributed by atoms with Gasteiger partial charge in [-0.1, -0.05) is 23.7 Å². The monoisotopic (exact) mass is 404 g/mol. The number of aromatic amines is 1. The minimum atomic E-state index is -4.83. The summed E-state index contributed by atoms with van der Waals surface area (Å²) in [5, 5.41) is 0.245. The first kappa shape index (κ1) is 18.6. The summed E-state index contributed by atoms with van der Waals surface area (Å²) in [4.78, 5) is 10.00. The van der Waals surface area contributed by atoms with Crippen LogP contribution in [0.4, 0.5) is 13.2 Å². The lowest BCUT2D eigenvalue weighted by Gasteiger charge is -2.29. The largest absolute Gasteiger partial charge is 0.409 e. The van der Waals surface area contributed by atoms with Gasteiger partial charge in [-0.3, -0.25) is 0 Å². The number of nitrogens with one attached hydrogen (secondary N) is 1. The predicted molar refractivity (Wildman–Crippen MR) is 89.1 cm³/mol. The standard InChI is InChI=1S/C15H12ClF3N4O2S/c1-23(13(15(17,18)19)9-2-4-10(16)5-3-9)26(24,25)11-6-12-14(20-7-11)22-8-21-12/h2-8,13H,1H3,(H,20,21,22)/t13-/m1/s1. The molecule has 2 aromatic heterocycles. The van der Waals surface area contributed by atoms with Crippen molar-refractivity contribution < 1.29 is 21.6 Å². The highest BCUT2D eigenvalue weighted by atomic mass is 35.5. The lowest BCUT2D eigenvalue weighted by Crippen LogP contribution is -2.39. The van der Waals surface area contributed by atoms with Gasteiger partial charge in [0, 0.05) is 18.3 Å². The number of benzene rings is 1. The van der Waals surface area contributed by atoms with Gasteiger partial charge >= 0.3 is 6.18 Å². The Balaban J connectivity index is 2.07. The molecule has 138 valence electrons. The number of nitrogens with zero attached hydrogens (tertiary/aromatic N) is 3. The molecular weight excluding hydrogens is 393 g/mol. The Labute approximate surface area is 151 Å². The van der Waals surface area contributed by atoms with Crippen LogP contribution in [0, 0.1) is 0 Å². The molecule has 0 aliphatic carbocycles. The molecule has 0 spiro atoms. The molecule has 1 N–H and O–H groups in total. The van der Waals surface area contributed by atoms with Crippen molar-refractivity contribution in [1.82, 2.24) is 19.3 Å². The first-order chi connectivity index (χ1) is 12.1. The van der Waals surface area contributed by atoms with E-state index in [9.17, 15) is 21.6 Å². The molecule has 0 unspecified atom stereocenters. The van der Waals surface area contributed by atoms with Crippen LogP contribution in [0.5, 0.6) is 0 Å². The summed E-state index contributed by atoms with van der Waals surface area (Å²) in [7, 11) is -3.60. The average Bonchev–Trinajstić information content (AvgIpc) is 3.03. The topological polar surface area (TPSA) is 79.0 Å². The van der Waals surface area contributed by atoms with Crippen LogP contribution < -0.4 is 0 Å². The Morgan fingerprint density at radius 1 is 1.19 bits per heavy atom. The van der Waals surface area contributed by atoms with E-state index in [2.05, 4.69) is 15.0 Å². The number of imidazole rings is 1. The Bertz CT molecular complexity index is 1030.